The summed E-state index contributed by atoms with van der Waals surface area (Å²) in [5.41, 5.74) is 2.22. The number of halogens is 1. The smallest absolute Gasteiger partial charge is 0.268 e. The fourth-order valence-electron chi connectivity index (χ4n) is 2.75. The van der Waals surface area contributed by atoms with Gasteiger partial charge in [-0.15, -0.1) is 0 Å². The van der Waals surface area contributed by atoms with Gasteiger partial charge < -0.3 is 9.64 Å². The maximum atomic E-state index is 12.8. The van der Waals surface area contributed by atoms with Gasteiger partial charge in [0.2, 0.25) is 0 Å². The molecule has 1 heterocycles. The fraction of sp³-hybridized carbons (Fsp3) is 0.278. The van der Waals surface area contributed by atoms with E-state index < -0.39 is 6.10 Å². The van der Waals surface area contributed by atoms with Crippen molar-refractivity contribution in [2.45, 2.75) is 25.9 Å². The van der Waals surface area contributed by atoms with Gasteiger partial charge in [0.1, 0.15) is 5.75 Å². The van der Waals surface area contributed by atoms with Gasteiger partial charge >= 0.3 is 0 Å². The minimum atomic E-state index is -0.496. The zero-order chi connectivity index (χ0) is 15.5. The van der Waals surface area contributed by atoms with Crippen molar-refractivity contribution in [1.29, 1.82) is 0 Å². The van der Waals surface area contributed by atoms with E-state index in [9.17, 15) is 4.79 Å². The first-order chi connectivity index (χ1) is 10.7. The molecule has 0 aliphatic carbocycles. The topological polar surface area (TPSA) is 29.5 Å². The standard InChI is InChI=1S/C18H18ClNO2/c1-2-17(22-15-8-5-7-14(19)12-15)18(21)20-11-10-13-6-3-4-9-16(13)20/h3-9,12,17H,2,10-11H2,1H3/t17-/m0/s1. The molecule has 0 fully saturated rings. The van der Waals surface area contributed by atoms with E-state index in [1.165, 1.54) is 5.56 Å². The minimum absolute atomic E-state index is 0.00688. The summed E-state index contributed by atoms with van der Waals surface area (Å²) in [6.07, 6.45) is 1.02. The number of anilines is 1. The van der Waals surface area contributed by atoms with Crippen molar-refractivity contribution < 1.29 is 9.53 Å². The molecule has 0 saturated heterocycles. The Kier molecular flexibility index (Phi) is 4.34. The first-order valence-corrected chi connectivity index (χ1v) is 7.88. The van der Waals surface area contributed by atoms with E-state index in [2.05, 4.69) is 6.07 Å². The van der Waals surface area contributed by atoms with Crippen LogP contribution in [-0.4, -0.2) is 18.6 Å². The highest BCUT2D eigenvalue weighted by Crippen LogP contribution is 2.29. The van der Waals surface area contributed by atoms with Crippen LogP contribution in [0.4, 0.5) is 5.69 Å². The molecule has 0 aromatic heterocycles. The van der Waals surface area contributed by atoms with Crippen molar-refractivity contribution >= 4 is 23.2 Å². The van der Waals surface area contributed by atoms with Gasteiger partial charge in [0.05, 0.1) is 0 Å². The number of carbonyl (C=O) groups excluding carboxylic acids is 1. The lowest BCUT2D eigenvalue weighted by molar-refractivity contribution is -0.125. The van der Waals surface area contributed by atoms with Crippen LogP contribution in [0.25, 0.3) is 0 Å². The van der Waals surface area contributed by atoms with Gasteiger partial charge in [0.15, 0.2) is 6.10 Å². The van der Waals surface area contributed by atoms with Crippen molar-refractivity contribution in [3.63, 3.8) is 0 Å². The monoisotopic (exact) mass is 315 g/mol. The molecule has 0 N–H and O–H groups in total. The summed E-state index contributed by atoms with van der Waals surface area (Å²) in [7, 11) is 0. The second-order valence-electron chi connectivity index (χ2n) is 5.34. The van der Waals surface area contributed by atoms with Crippen LogP contribution < -0.4 is 9.64 Å². The first kappa shape index (κ1) is 14.9. The Morgan fingerprint density at radius 1 is 1.27 bits per heavy atom. The van der Waals surface area contributed by atoms with Crippen LogP contribution in [0.1, 0.15) is 18.9 Å². The second kappa shape index (κ2) is 6.41. The molecule has 1 amide bonds. The van der Waals surface area contributed by atoms with Crippen molar-refractivity contribution in [2.75, 3.05) is 11.4 Å². The largest absolute Gasteiger partial charge is 0.481 e. The van der Waals surface area contributed by atoms with Crippen LogP contribution in [0.15, 0.2) is 48.5 Å². The summed E-state index contributed by atoms with van der Waals surface area (Å²) < 4.78 is 5.86. The molecule has 0 radical (unpaired) electrons. The Labute approximate surface area is 135 Å². The van der Waals surface area contributed by atoms with Crippen LogP contribution in [-0.2, 0) is 11.2 Å². The van der Waals surface area contributed by atoms with Gasteiger partial charge in [-0.1, -0.05) is 42.8 Å². The van der Waals surface area contributed by atoms with Crippen LogP contribution in [0.2, 0.25) is 5.02 Å². The molecule has 1 aliphatic rings. The number of nitrogens with zero attached hydrogens (tertiary/aromatic N) is 1. The van der Waals surface area contributed by atoms with E-state index in [0.717, 1.165) is 12.1 Å². The summed E-state index contributed by atoms with van der Waals surface area (Å²) in [6.45, 7) is 2.67. The molecule has 0 saturated carbocycles. The average Bonchev–Trinajstić information content (AvgIpc) is 2.96. The third kappa shape index (κ3) is 2.95. The normalized spacial score (nSPS) is 14.5. The second-order valence-corrected chi connectivity index (χ2v) is 5.78. The number of amides is 1. The zero-order valence-corrected chi connectivity index (χ0v) is 13.2. The quantitative estimate of drug-likeness (QED) is 0.850. The van der Waals surface area contributed by atoms with Crippen LogP contribution in [0, 0.1) is 0 Å². The first-order valence-electron chi connectivity index (χ1n) is 7.50. The maximum absolute atomic E-state index is 12.8. The van der Waals surface area contributed by atoms with Gasteiger partial charge in [-0.05, 0) is 42.7 Å². The third-order valence-electron chi connectivity index (χ3n) is 3.87. The summed E-state index contributed by atoms with van der Waals surface area (Å²) in [5, 5.41) is 0.603. The predicted molar refractivity (Wildman–Crippen MR) is 88.7 cm³/mol. The Morgan fingerprint density at radius 2 is 2.09 bits per heavy atom. The number of carbonyl (C=O) groups is 1. The van der Waals surface area contributed by atoms with Gasteiger partial charge in [0, 0.05) is 17.3 Å². The number of hydrogen-bond acceptors (Lipinski definition) is 2. The molecular formula is C18H18ClNO2. The van der Waals surface area contributed by atoms with Crippen molar-refractivity contribution in [2.24, 2.45) is 0 Å². The van der Waals surface area contributed by atoms with E-state index in [0.29, 0.717) is 23.7 Å². The molecule has 0 spiro atoms. The summed E-state index contributed by atoms with van der Waals surface area (Å²) in [4.78, 5) is 14.6. The van der Waals surface area contributed by atoms with E-state index in [1.807, 2.05) is 42.2 Å². The highest BCUT2D eigenvalue weighted by molar-refractivity contribution is 6.30. The molecule has 2 aromatic rings. The molecule has 3 nitrogen and oxygen atoms in total. The maximum Gasteiger partial charge on any atom is 0.268 e. The van der Waals surface area contributed by atoms with Gasteiger partial charge in [-0.25, -0.2) is 0 Å². The Balaban J connectivity index is 1.78. The number of benzene rings is 2. The van der Waals surface area contributed by atoms with E-state index >= 15 is 0 Å². The number of fused-ring (bicyclic) bond motifs is 1. The lowest BCUT2D eigenvalue weighted by Gasteiger charge is -2.24. The highest BCUT2D eigenvalue weighted by Gasteiger charge is 2.30. The zero-order valence-electron chi connectivity index (χ0n) is 12.5. The molecule has 22 heavy (non-hydrogen) atoms. The van der Waals surface area contributed by atoms with Crippen molar-refractivity contribution in [1.82, 2.24) is 0 Å². The lowest BCUT2D eigenvalue weighted by Crippen LogP contribution is -2.41. The third-order valence-corrected chi connectivity index (χ3v) is 4.11. The van der Waals surface area contributed by atoms with Crippen LogP contribution >= 0.6 is 11.6 Å². The Bertz CT molecular complexity index is 686. The van der Waals surface area contributed by atoms with E-state index in [4.69, 9.17) is 16.3 Å². The average molecular weight is 316 g/mol. The molecule has 1 aliphatic heterocycles. The van der Waals surface area contributed by atoms with E-state index in [-0.39, 0.29) is 5.91 Å². The summed E-state index contributed by atoms with van der Waals surface area (Å²) in [5.74, 6) is 0.632. The molecule has 114 valence electrons. The molecule has 2 aromatic carbocycles. The number of hydrogen-bond donors (Lipinski definition) is 0. The Hall–Kier alpha value is -2.00. The SMILES string of the molecule is CC[C@H](Oc1cccc(Cl)c1)C(=O)N1CCc2ccccc21. The molecular weight excluding hydrogens is 298 g/mol. The van der Waals surface area contributed by atoms with Crippen molar-refractivity contribution in [3.8, 4) is 5.75 Å². The van der Waals surface area contributed by atoms with Gasteiger partial charge in [0.25, 0.3) is 5.91 Å². The number of para-hydroxylation sites is 1. The van der Waals surface area contributed by atoms with Crippen LogP contribution in [0.5, 0.6) is 5.75 Å². The molecule has 4 heteroatoms. The molecule has 0 unspecified atom stereocenters. The molecule has 0 bridgehead atoms. The Morgan fingerprint density at radius 3 is 2.86 bits per heavy atom. The number of ether oxygens (including phenoxy) is 1. The number of rotatable bonds is 4. The highest BCUT2D eigenvalue weighted by atomic mass is 35.5. The molecule has 1 atom stereocenters. The molecule has 3 rings (SSSR count). The van der Waals surface area contributed by atoms with Gasteiger partial charge in [-0.2, -0.15) is 0 Å². The lowest BCUT2D eigenvalue weighted by atomic mass is 10.2. The van der Waals surface area contributed by atoms with E-state index in [1.54, 1.807) is 12.1 Å². The minimum Gasteiger partial charge on any atom is -0.481 e. The predicted octanol–water partition coefficient (Wildman–Crippen LogP) is 4.09. The van der Waals surface area contributed by atoms with Gasteiger partial charge in [-0.3, -0.25) is 4.79 Å². The fourth-order valence-corrected chi connectivity index (χ4v) is 2.93. The van der Waals surface area contributed by atoms with Crippen molar-refractivity contribution in [3.05, 3.63) is 59.1 Å². The van der Waals surface area contributed by atoms with Crippen LogP contribution in [0.3, 0.4) is 0 Å². The summed E-state index contributed by atoms with van der Waals surface area (Å²) in [6, 6.07) is 15.2. The summed E-state index contributed by atoms with van der Waals surface area (Å²) >= 11 is 5.97.